The number of para-hydroxylation sites is 1. The van der Waals surface area contributed by atoms with Crippen molar-refractivity contribution >= 4 is 0 Å². The van der Waals surface area contributed by atoms with Gasteiger partial charge in [0, 0.05) is 5.56 Å². The lowest BCUT2D eigenvalue weighted by Crippen LogP contribution is -2.33. The fraction of sp³-hybridized carbons (Fsp3) is 0.400. The van der Waals surface area contributed by atoms with Crippen LogP contribution >= 0.6 is 0 Å². The van der Waals surface area contributed by atoms with Gasteiger partial charge in [-0.2, -0.15) is 8.78 Å². The third-order valence-corrected chi connectivity index (χ3v) is 1.88. The first kappa shape index (κ1) is 12.8. The van der Waals surface area contributed by atoms with Crippen molar-refractivity contribution in [2.45, 2.75) is 19.0 Å². The number of benzene rings is 1. The molecule has 0 spiro atoms. The lowest BCUT2D eigenvalue weighted by molar-refractivity contribution is -0.148. The molecule has 1 aromatic carbocycles. The minimum absolute atomic E-state index is 0.0228. The monoisotopic (exact) mass is 238 g/mol. The van der Waals surface area contributed by atoms with E-state index in [1.165, 1.54) is 18.2 Å². The molecule has 90 valence electrons. The van der Waals surface area contributed by atoms with Gasteiger partial charge >= 0.3 is 12.3 Å². The van der Waals surface area contributed by atoms with Gasteiger partial charge in [-0.15, -0.1) is 0 Å². The summed E-state index contributed by atoms with van der Waals surface area (Å²) in [4.78, 5) is 0. The highest BCUT2D eigenvalue weighted by atomic mass is 19.3. The van der Waals surface area contributed by atoms with Gasteiger partial charge in [0.2, 0.25) is 0 Å². The van der Waals surface area contributed by atoms with Crippen LogP contribution in [-0.4, -0.2) is 24.1 Å². The molecule has 6 heteroatoms. The number of halogens is 4. The standard InChI is InChI=1S/C10H10F4O2/c11-9(12)10(13,14)6-16-8-4-2-1-3-7(8)5-15/h1-4,9,15H,5-6H2. The van der Waals surface area contributed by atoms with Gasteiger partial charge in [-0.1, -0.05) is 18.2 Å². The summed E-state index contributed by atoms with van der Waals surface area (Å²) >= 11 is 0. The molecule has 0 fully saturated rings. The molecule has 0 aliphatic rings. The molecule has 0 unspecified atom stereocenters. The summed E-state index contributed by atoms with van der Waals surface area (Å²) in [6, 6.07) is 5.85. The summed E-state index contributed by atoms with van der Waals surface area (Å²) in [6.45, 7) is -1.82. The quantitative estimate of drug-likeness (QED) is 0.798. The Bertz CT molecular complexity index is 341. The Morgan fingerprint density at radius 1 is 1.25 bits per heavy atom. The maximum absolute atomic E-state index is 12.5. The van der Waals surface area contributed by atoms with Gasteiger partial charge in [0.05, 0.1) is 6.61 Å². The van der Waals surface area contributed by atoms with E-state index in [1.54, 1.807) is 6.07 Å². The summed E-state index contributed by atoms with van der Waals surface area (Å²) in [5.74, 6) is -4.21. The zero-order chi connectivity index (χ0) is 12.2. The molecular formula is C10H10F4O2. The van der Waals surface area contributed by atoms with E-state index in [9.17, 15) is 17.6 Å². The molecule has 0 radical (unpaired) electrons. The first-order valence-corrected chi connectivity index (χ1v) is 4.45. The van der Waals surface area contributed by atoms with Crippen molar-refractivity contribution in [3.8, 4) is 5.75 Å². The zero-order valence-corrected chi connectivity index (χ0v) is 8.17. The molecule has 0 atom stereocenters. The molecule has 16 heavy (non-hydrogen) atoms. The highest BCUT2D eigenvalue weighted by molar-refractivity contribution is 5.32. The van der Waals surface area contributed by atoms with Crippen LogP contribution in [0.25, 0.3) is 0 Å². The Morgan fingerprint density at radius 3 is 2.44 bits per heavy atom. The van der Waals surface area contributed by atoms with Gasteiger partial charge in [0.15, 0.2) is 6.61 Å². The Hall–Kier alpha value is -1.30. The van der Waals surface area contributed by atoms with Crippen LogP contribution in [0.15, 0.2) is 24.3 Å². The average Bonchev–Trinajstić information content (AvgIpc) is 2.26. The van der Waals surface area contributed by atoms with Gasteiger partial charge in [-0.25, -0.2) is 8.78 Å². The summed E-state index contributed by atoms with van der Waals surface area (Å²) in [5, 5.41) is 8.84. The molecule has 0 heterocycles. The van der Waals surface area contributed by atoms with Crippen molar-refractivity contribution in [3.63, 3.8) is 0 Å². The molecule has 0 aromatic heterocycles. The van der Waals surface area contributed by atoms with E-state index in [0.29, 0.717) is 0 Å². The number of alkyl halides is 4. The van der Waals surface area contributed by atoms with E-state index in [0.717, 1.165) is 0 Å². The number of hydrogen-bond acceptors (Lipinski definition) is 2. The number of rotatable bonds is 5. The number of ether oxygens (including phenoxy) is 1. The van der Waals surface area contributed by atoms with Crippen LogP contribution < -0.4 is 4.74 Å². The van der Waals surface area contributed by atoms with Crippen LogP contribution in [0.5, 0.6) is 5.75 Å². The van der Waals surface area contributed by atoms with Crippen molar-refractivity contribution in [2.24, 2.45) is 0 Å². The predicted molar refractivity (Wildman–Crippen MR) is 48.8 cm³/mol. The Labute approximate surface area is 89.5 Å². The van der Waals surface area contributed by atoms with E-state index in [1.807, 2.05) is 0 Å². The van der Waals surface area contributed by atoms with Crippen LogP contribution in [0, 0.1) is 0 Å². The van der Waals surface area contributed by atoms with Crippen molar-refractivity contribution in [3.05, 3.63) is 29.8 Å². The van der Waals surface area contributed by atoms with Gasteiger partial charge in [-0.3, -0.25) is 0 Å². The van der Waals surface area contributed by atoms with E-state index < -0.39 is 25.6 Å². The summed E-state index contributed by atoms with van der Waals surface area (Å²) in [6.07, 6.45) is -3.77. The van der Waals surface area contributed by atoms with E-state index in [-0.39, 0.29) is 11.3 Å². The second-order valence-electron chi connectivity index (χ2n) is 3.12. The minimum Gasteiger partial charge on any atom is -0.487 e. The molecule has 0 amide bonds. The summed E-state index contributed by atoms with van der Waals surface area (Å²) in [7, 11) is 0. The molecule has 0 saturated heterocycles. The smallest absolute Gasteiger partial charge is 0.340 e. The van der Waals surface area contributed by atoms with Gasteiger partial charge < -0.3 is 9.84 Å². The van der Waals surface area contributed by atoms with Gasteiger partial charge in [-0.05, 0) is 6.07 Å². The van der Waals surface area contributed by atoms with E-state index in [4.69, 9.17) is 5.11 Å². The number of aliphatic hydroxyl groups is 1. The zero-order valence-electron chi connectivity index (χ0n) is 8.17. The SMILES string of the molecule is OCc1ccccc1OCC(F)(F)C(F)F. The average molecular weight is 238 g/mol. The molecule has 0 saturated carbocycles. The number of aliphatic hydroxyl groups excluding tert-OH is 1. The van der Waals surface area contributed by atoms with Gasteiger partial charge in [0.1, 0.15) is 5.75 Å². The third-order valence-electron chi connectivity index (χ3n) is 1.88. The maximum atomic E-state index is 12.5. The second-order valence-corrected chi connectivity index (χ2v) is 3.12. The molecule has 1 N–H and O–H groups in total. The predicted octanol–water partition coefficient (Wildman–Crippen LogP) is 2.46. The van der Waals surface area contributed by atoms with Crippen LogP contribution in [0.1, 0.15) is 5.56 Å². The largest absolute Gasteiger partial charge is 0.487 e. The van der Waals surface area contributed by atoms with Crippen molar-refractivity contribution in [1.29, 1.82) is 0 Å². The lowest BCUT2D eigenvalue weighted by atomic mass is 10.2. The molecule has 0 aliphatic heterocycles. The Kier molecular flexibility index (Phi) is 4.12. The van der Waals surface area contributed by atoms with E-state index in [2.05, 4.69) is 4.74 Å². The topological polar surface area (TPSA) is 29.5 Å². The normalized spacial score (nSPS) is 11.9. The first-order chi connectivity index (χ1) is 7.47. The molecule has 0 aliphatic carbocycles. The molecule has 1 aromatic rings. The van der Waals surface area contributed by atoms with Crippen LogP contribution in [0.2, 0.25) is 0 Å². The van der Waals surface area contributed by atoms with Crippen molar-refractivity contribution < 1.29 is 27.4 Å². The first-order valence-electron chi connectivity index (χ1n) is 4.45. The van der Waals surface area contributed by atoms with E-state index >= 15 is 0 Å². The molecule has 0 bridgehead atoms. The Morgan fingerprint density at radius 2 is 1.88 bits per heavy atom. The van der Waals surface area contributed by atoms with Crippen molar-refractivity contribution in [1.82, 2.24) is 0 Å². The second kappa shape index (κ2) is 5.16. The molecule has 1 rings (SSSR count). The Balaban J connectivity index is 2.67. The van der Waals surface area contributed by atoms with Gasteiger partial charge in [0.25, 0.3) is 0 Å². The van der Waals surface area contributed by atoms with Crippen LogP contribution in [0.3, 0.4) is 0 Å². The molecule has 2 nitrogen and oxygen atoms in total. The van der Waals surface area contributed by atoms with Crippen molar-refractivity contribution in [2.75, 3.05) is 6.61 Å². The fourth-order valence-corrected chi connectivity index (χ4v) is 1.01. The summed E-state index contributed by atoms with van der Waals surface area (Å²) in [5.41, 5.74) is 0.271. The summed E-state index contributed by atoms with van der Waals surface area (Å²) < 4.78 is 53.3. The number of hydrogen-bond donors (Lipinski definition) is 1. The third kappa shape index (κ3) is 3.10. The highest BCUT2D eigenvalue weighted by Crippen LogP contribution is 2.25. The van der Waals surface area contributed by atoms with Crippen LogP contribution in [-0.2, 0) is 6.61 Å². The minimum atomic E-state index is -4.19. The molecular weight excluding hydrogens is 228 g/mol. The fourth-order valence-electron chi connectivity index (χ4n) is 1.01. The lowest BCUT2D eigenvalue weighted by Gasteiger charge is -2.17. The highest BCUT2D eigenvalue weighted by Gasteiger charge is 2.41. The van der Waals surface area contributed by atoms with Crippen LogP contribution in [0.4, 0.5) is 17.6 Å². The maximum Gasteiger partial charge on any atom is 0.340 e.